The first kappa shape index (κ1) is 12.2. The lowest BCUT2D eigenvalue weighted by Gasteiger charge is -2.22. The first-order chi connectivity index (χ1) is 6.98. The fourth-order valence-electron chi connectivity index (χ4n) is 1.93. The molecule has 3 heteroatoms. The van der Waals surface area contributed by atoms with E-state index in [0.29, 0.717) is 6.42 Å². The van der Waals surface area contributed by atoms with Crippen molar-refractivity contribution in [2.75, 3.05) is 0 Å². The van der Waals surface area contributed by atoms with Gasteiger partial charge in [0.15, 0.2) is 0 Å². The summed E-state index contributed by atoms with van der Waals surface area (Å²) in [6, 6.07) is 2.09. The zero-order chi connectivity index (χ0) is 11.5. The highest BCUT2D eigenvalue weighted by molar-refractivity contribution is 5.12. The minimum atomic E-state index is -0.604. The van der Waals surface area contributed by atoms with Crippen LogP contribution in [0.25, 0.3) is 0 Å². The minimum Gasteiger partial charge on any atom is -0.390 e. The van der Waals surface area contributed by atoms with E-state index >= 15 is 0 Å². The van der Waals surface area contributed by atoms with Crippen LogP contribution in [-0.2, 0) is 19.9 Å². The van der Waals surface area contributed by atoms with Crippen LogP contribution in [0.1, 0.15) is 45.0 Å². The molecular formula is C12H22N2O. The van der Waals surface area contributed by atoms with Crippen LogP contribution in [-0.4, -0.2) is 20.5 Å². The number of nitrogens with zero attached hydrogens (tertiary/aromatic N) is 2. The van der Waals surface area contributed by atoms with Crippen molar-refractivity contribution in [3.63, 3.8) is 0 Å². The number of hydrogen-bond acceptors (Lipinski definition) is 2. The van der Waals surface area contributed by atoms with Crippen molar-refractivity contribution in [2.45, 2.75) is 52.1 Å². The quantitative estimate of drug-likeness (QED) is 0.808. The van der Waals surface area contributed by atoms with Crippen molar-refractivity contribution < 1.29 is 5.11 Å². The van der Waals surface area contributed by atoms with Crippen molar-refractivity contribution in [2.24, 2.45) is 7.05 Å². The summed E-state index contributed by atoms with van der Waals surface area (Å²) in [4.78, 5) is 0. The summed E-state index contributed by atoms with van der Waals surface area (Å²) in [5.41, 5.74) is 1.61. The Labute approximate surface area is 92.1 Å². The Kier molecular flexibility index (Phi) is 3.91. The number of rotatable bonds is 5. The largest absolute Gasteiger partial charge is 0.390 e. The molecule has 86 valence electrons. The van der Waals surface area contributed by atoms with Gasteiger partial charge in [0.2, 0.25) is 0 Å². The van der Waals surface area contributed by atoms with E-state index in [0.717, 1.165) is 30.7 Å². The predicted molar refractivity (Wildman–Crippen MR) is 61.8 cm³/mol. The molecule has 0 fully saturated rings. The summed E-state index contributed by atoms with van der Waals surface area (Å²) < 4.78 is 1.88. The standard InChI is InChI=1S/C12H22N2O/c1-5-7-12(3,15)9-11-8-10(6-2)13-14(11)4/h8,15H,5-7,9H2,1-4H3. The van der Waals surface area contributed by atoms with Gasteiger partial charge in [-0.3, -0.25) is 4.68 Å². The fraction of sp³-hybridized carbons (Fsp3) is 0.750. The highest BCUT2D eigenvalue weighted by Crippen LogP contribution is 2.18. The summed E-state index contributed by atoms with van der Waals surface area (Å²) >= 11 is 0. The number of aliphatic hydroxyl groups is 1. The van der Waals surface area contributed by atoms with Crippen molar-refractivity contribution in [1.29, 1.82) is 0 Å². The van der Waals surface area contributed by atoms with E-state index in [1.165, 1.54) is 0 Å². The van der Waals surface area contributed by atoms with E-state index in [4.69, 9.17) is 0 Å². The molecule has 0 radical (unpaired) electrons. The van der Waals surface area contributed by atoms with Gasteiger partial charge in [-0.2, -0.15) is 5.10 Å². The van der Waals surface area contributed by atoms with Crippen LogP contribution in [0.15, 0.2) is 6.07 Å². The molecule has 0 aliphatic carbocycles. The average molecular weight is 210 g/mol. The Morgan fingerprint density at radius 3 is 2.60 bits per heavy atom. The van der Waals surface area contributed by atoms with Gasteiger partial charge < -0.3 is 5.11 Å². The molecule has 0 aromatic carbocycles. The molecule has 1 heterocycles. The number of aryl methyl sites for hydroxylation is 2. The van der Waals surface area contributed by atoms with Gasteiger partial charge in [-0.1, -0.05) is 20.3 Å². The first-order valence-corrected chi connectivity index (χ1v) is 5.72. The van der Waals surface area contributed by atoms with Crippen LogP contribution in [0.4, 0.5) is 0 Å². The van der Waals surface area contributed by atoms with Gasteiger partial charge in [0.1, 0.15) is 0 Å². The van der Waals surface area contributed by atoms with E-state index in [2.05, 4.69) is 25.0 Å². The minimum absolute atomic E-state index is 0.604. The second-order valence-electron chi connectivity index (χ2n) is 4.53. The Morgan fingerprint density at radius 2 is 2.13 bits per heavy atom. The van der Waals surface area contributed by atoms with Crippen molar-refractivity contribution >= 4 is 0 Å². The number of hydrogen-bond donors (Lipinski definition) is 1. The third-order valence-corrected chi connectivity index (χ3v) is 2.74. The normalized spacial score (nSPS) is 15.3. The molecule has 0 amide bonds. The summed E-state index contributed by atoms with van der Waals surface area (Å²) in [6.07, 6.45) is 3.47. The molecule has 1 aromatic heterocycles. The maximum Gasteiger partial charge on any atom is 0.0674 e. The van der Waals surface area contributed by atoms with Crippen LogP contribution >= 0.6 is 0 Å². The summed E-state index contributed by atoms with van der Waals surface area (Å²) in [5.74, 6) is 0. The highest BCUT2D eigenvalue weighted by atomic mass is 16.3. The molecule has 0 aliphatic rings. The van der Waals surface area contributed by atoms with Gasteiger partial charge in [0.25, 0.3) is 0 Å². The van der Waals surface area contributed by atoms with Gasteiger partial charge in [-0.05, 0) is 25.8 Å². The van der Waals surface area contributed by atoms with Gasteiger partial charge in [-0.25, -0.2) is 0 Å². The molecule has 1 unspecified atom stereocenters. The molecule has 3 nitrogen and oxygen atoms in total. The first-order valence-electron chi connectivity index (χ1n) is 5.72. The van der Waals surface area contributed by atoms with Crippen LogP contribution in [0.2, 0.25) is 0 Å². The van der Waals surface area contributed by atoms with Gasteiger partial charge in [0.05, 0.1) is 11.3 Å². The molecule has 1 aromatic rings. The van der Waals surface area contributed by atoms with Crippen LogP contribution in [0.5, 0.6) is 0 Å². The maximum atomic E-state index is 10.1. The lowest BCUT2D eigenvalue weighted by molar-refractivity contribution is 0.0487. The van der Waals surface area contributed by atoms with Gasteiger partial charge in [0, 0.05) is 19.2 Å². The summed E-state index contributed by atoms with van der Waals surface area (Å²) in [7, 11) is 1.94. The Hall–Kier alpha value is -0.830. The third-order valence-electron chi connectivity index (χ3n) is 2.74. The lowest BCUT2D eigenvalue weighted by atomic mass is 9.94. The molecule has 1 atom stereocenters. The molecule has 0 aliphatic heterocycles. The van der Waals surface area contributed by atoms with Gasteiger partial charge in [-0.15, -0.1) is 0 Å². The topological polar surface area (TPSA) is 38.1 Å². The monoisotopic (exact) mass is 210 g/mol. The Bertz CT molecular complexity index is 315. The van der Waals surface area contributed by atoms with Crippen LogP contribution in [0, 0.1) is 0 Å². The fourth-order valence-corrected chi connectivity index (χ4v) is 1.93. The van der Waals surface area contributed by atoms with Gasteiger partial charge >= 0.3 is 0 Å². The SMILES string of the molecule is CCCC(C)(O)Cc1cc(CC)nn1C. The Morgan fingerprint density at radius 1 is 1.47 bits per heavy atom. The Balaban J connectivity index is 2.75. The zero-order valence-electron chi connectivity index (χ0n) is 10.2. The molecular weight excluding hydrogens is 188 g/mol. The molecule has 0 bridgehead atoms. The smallest absolute Gasteiger partial charge is 0.0674 e. The molecule has 0 spiro atoms. The molecule has 0 saturated heterocycles. The van der Waals surface area contributed by atoms with Crippen LogP contribution in [0.3, 0.4) is 0 Å². The van der Waals surface area contributed by atoms with Crippen molar-refractivity contribution in [3.8, 4) is 0 Å². The average Bonchev–Trinajstić information content (AvgIpc) is 2.46. The van der Waals surface area contributed by atoms with E-state index in [1.807, 2.05) is 18.7 Å². The van der Waals surface area contributed by atoms with E-state index in [-0.39, 0.29) is 0 Å². The third kappa shape index (κ3) is 3.34. The predicted octanol–water partition coefficient (Wildman–Crippen LogP) is 2.08. The molecule has 15 heavy (non-hydrogen) atoms. The maximum absolute atomic E-state index is 10.1. The van der Waals surface area contributed by atoms with E-state index < -0.39 is 5.60 Å². The summed E-state index contributed by atoms with van der Waals surface area (Å²) in [6.45, 7) is 6.08. The zero-order valence-corrected chi connectivity index (χ0v) is 10.2. The highest BCUT2D eigenvalue weighted by Gasteiger charge is 2.21. The second kappa shape index (κ2) is 4.79. The number of aromatic nitrogens is 2. The summed E-state index contributed by atoms with van der Waals surface area (Å²) in [5, 5.41) is 14.5. The van der Waals surface area contributed by atoms with E-state index in [1.54, 1.807) is 0 Å². The lowest BCUT2D eigenvalue weighted by Crippen LogP contribution is -2.27. The molecule has 1 rings (SSSR count). The van der Waals surface area contributed by atoms with Crippen molar-refractivity contribution in [1.82, 2.24) is 9.78 Å². The molecule has 0 saturated carbocycles. The molecule has 1 N–H and O–H groups in total. The second-order valence-corrected chi connectivity index (χ2v) is 4.53. The van der Waals surface area contributed by atoms with E-state index in [9.17, 15) is 5.11 Å². The van der Waals surface area contributed by atoms with Crippen LogP contribution < -0.4 is 0 Å². The van der Waals surface area contributed by atoms with Crippen molar-refractivity contribution in [3.05, 3.63) is 17.5 Å².